The lowest BCUT2D eigenvalue weighted by atomic mass is 10.4. The Morgan fingerprint density at radius 3 is 2.40 bits per heavy atom. The van der Waals surface area contributed by atoms with Gasteiger partial charge < -0.3 is 11.5 Å². The lowest BCUT2D eigenvalue weighted by molar-refractivity contribution is 1.12. The highest BCUT2D eigenvalue weighted by molar-refractivity contribution is 6.30. The van der Waals surface area contributed by atoms with Crippen molar-refractivity contribution in [1.82, 2.24) is 19.9 Å². The molecule has 0 aromatic carbocycles. The average Bonchev–Trinajstić information content (AvgIpc) is 2.08. The normalized spacial score (nSPS) is 10.0. The van der Waals surface area contributed by atoms with E-state index in [-0.39, 0.29) is 29.3 Å². The lowest BCUT2D eigenvalue weighted by Crippen LogP contribution is -2.04. The Hall–Kier alpha value is -1.40. The van der Waals surface area contributed by atoms with Crippen LogP contribution in [0.25, 0.3) is 11.2 Å². The van der Waals surface area contributed by atoms with Gasteiger partial charge in [-0.1, -0.05) is 11.6 Å². The molecule has 0 atom stereocenters. The zero-order chi connectivity index (χ0) is 10.3. The highest BCUT2D eigenvalue weighted by Crippen LogP contribution is 2.18. The summed E-state index contributed by atoms with van der Waals surface area (Å²) < 4.78 is 0. The largest absolute Gasteiger partial charge is 0.382 e. The van der Waals surface area contributed by atoms with Crippen LogP contribution in [0.4, 0.5) is 11.8 Å². The lowest BCUT2D eigenvalue weighted by Gasteiger charge is -2.02. The molecule has 0 aliphatic carbocycles. The summed E-state index contributed by atoms with van der Waals surface area (Å²) in [6, 6.07) is 0. The van der Waals surface area contributed by atoms with E-state index in [1.807, 2.05) is 0 Å². The van der Waals surface area contributed by atoms with E-state index in [0.717, 1.165) is 0 Å². The standard InChI is InChI=1S/C7H7ClN6.ClH/c1-2-4(8)12-3-5(9)13-7(10)14-6(3)11-2;/h1H3,(H4,9,10,11,13,14);1H. The molecule has 0 unspecified atom stereocenters. The summed E-state index contributed by atoms with van der Waals surface area (Å²) in [4.78, 5) is 15.8. The second-order valence-electron chi connectivity index (χ2n) is 2.74. The number of hydrogen-bond acceptors (Lipinski definition) is 6. The highest BCUT2D eigenvalue weighted by Gasteiger charge is 2.08. The highest BCUT2D eigenvalue weighted by atomic mass is 35.5. The van der Waals surface area contributed by atoms with E-state index in [0.29, 0.717) is 16.9 Å². The maximum absolute atomic E-state index is 5.78. The Labute approximate surface area is 96.5 Å². The fourth-order valence-corrected chi connectivity index (χ4v) is 1.17. The molecule has 8 heteroatoms. The number of nitrogens with two attached hydrogens (primary N) is 2. The number of anilines is 2. The van der Waals surface area contributed by atoms with Crippen molar-refractivity contribution in [3.63, 3.8) is 0 Å². The van der Waals surface area contributed by atoms with Gasteiger partial charge in [0.1, 0.15) is 0 Å². The molecule has 0 aliphatic rings. The van der Waals surface area contributed by atoms with E-state index in [9.17, 15) is 0 Å². The van der Waals surface area contributed by atoms with Crippen LogP contribution in [0, 0.1) is 6.92 Å². The summed E-state index contributed by atoms with van der Waals surface area (Å²) in [5.41, 5.74) is 12.3. The molecule has 0 saturated carbocycles. The SMILES string of the molecule is Cc1nc2nc(N)nc(N)c2nc1Cl.Cl. The van der Waals surface area contributed by atoms with Crippen LogP contribution in [-0.4, -0.2) is 19.9 Å². The molecule has 0 spiro atoms. The molecule has 80 valence electrons. The zero-order valence-electron chi connectivity index (χ0n) is 7.73. The maximum Gasteiger partial charge on any atom is 0.224 e. The van der Waals surface area contributed by atoms with Crippen LogP contribution in [0.2, 0.25) is 5.15 Å². The number of aromatic nitrogens is 4. The summed E-state index contributed by atoms with van der Waals surface area (Å²) in [5, 5.41) is 0.289. The number of halogens is 2. The molecule has 0 amide bonds. The van der Waals surface area contributed by atoms with Gasteiger partial charge in [-0.15, -0.1) is 12.4 Å². The molecule has 0 aliphatic heterocycles. The number of aryl methyl sites for hydroxylation is 1. The van der Waals surface area contributed by atoms with Crippen molar-refractivity contribution in [2.45, 2.75) is 6.92 Å². The first kappa shape index (κ1) is 11.7. The monoisotopic (exact) mass is 246 g/mol. The van der Waals surface area contributed by atoms with Gasteiger partial charge in [-0.3, -0.25) is 0 Å². The number of hydrogen-bond donors (Lipinski definition) is 2. The molecule has 4 N–H and O–H groups in total. The van der Waals surface area contributed by atoms with E-state index >= 15 is 0 Å². The average molecular weight is 247 g/mol. The Bertz CT molecular complexity index is 514. The van der Waals surface area contributed by atoms with Gasteiger partial charge in [0.25, 0.3) is 0 Å². The first-order valence-corrected chi connectivity index (χ1v) is 4.18. The van der Waals surface area contributed by atoms with E-state index < -0.39 is 0 Å². The molecule has 0 bridgehead atoms. The predicted molar refractivity (Wildman–Crippen MR) is 60.9 cm³/mol. The van der Waals surface area contributed by atoms with Crippen molar-refractivity contribution in [2.24, 2.45) is 0 Å². The molecule has 6 nitrogen and oxygen atoms in total. The fraction of sp³-hybridized carbons (Fsp3) is 0.143. The molecule has 0 radical (unpaired) electrons. The van der Waals surface area contributed by atoms with Crippen molar-refractivity contribution in [3.05, 3.63) is 10.8 Å². The Kier molecular flexibility index (Phi) is 3.11. The topological polar surface area (TPSA) is 104 Å². The van der Waals surface area contributed by atoms with Gasteiger partial charge in [-0.25, -0.2) is 9.97 Å². The molecule has 15 heavy (non-hydrogen) atoms. The fourth-order valence-electron chi connectivity index (χ4n) is 1.05. The molecule has 0 fully saturated rings. The van der Waals surface area contributed by atoms with Crippen LogP contribution < -0.4 is 11.5 Å². The van der Waals surface area contributed by atoms with Gasteiger partial charge in [-0.2, -0.15) is 9.97 Å². The van der Waals surface area contributed by atoms with Crippen molar-refractivity contribution in [3.8, 4) is 0 Å². The smallest absolute Gasteiger partial charge is 0.224 e. The molecule has 2 heterocycles. The minimum Gasteiger partial charge on any atom is -0.382 e. The third-order valence-corrected chi connectivity index (χ3v) is 2.05. The molecule has 0 saturated heterocycles. The summed E-state index contributed by atoms with van der Waals surface area (Å²) in [5.74, 6) is 0.257. The van der Waals surface area contributed by atoms with Crippen LogP contribution in [0.1, 0.15) is 5.69 Å². The summed E-state index contributed by atoms with van der Waals surface area (Å²) in [6.45, 7) is 1.73. The second kappa shape index (κ2) is 4.00. The van der Waals surface area contributed by atoms with Gasteiger partial charge in [0.15, 0.2) is 22.1 Å². The first-order chi connectivity index (χ1) is 6.58. The minimum atomic E-state index is 0. The van der Waals surface area contributed by atoms with Crippen LogP contribution in [-0.2, 0) is 0 Å². The summed E-state index contributed by atoms with van der Waals surface area (Å²) >= 11 is 5.78. The molecular weight excluding hydrogens is 239 g/mol. The van der Waals surface area contributed by atoms with Crippen LogP contribution in [0.15, 0.2) is 0 Å². The second-order valence-corrected chi connectivity index (χ2v) is 3.10. The van der Waals surface area contributed by atoms with Crippen LogP contribution in [0.3, 0.4) is 0 Å². The Balaban J connectivity index is 0.00000112. The third-order valence-electron chi connectivity index (χ3n) is 1.69. The molecular formula is C7H8Cl2N6. The van der Waals surface area contributed by atoms with Crippen molar-refractivity contribution < 1.29 is 0 Å². The first-order valence-electron chi connectivity index (χ1n) is 3.81. The van der Waals surface area contributed by atoms with Crippen LogP contribution in [0.5, 0.6) is 0 Å². The quantitative estimate of drug-likeness (QED) is 0.718. The summed E-state index contributed by atoms with van der Waals surface area (Å²) in [7, 11) is 0. The van der Waals surface area contributed by atoms with E-state index in [1.165, 1.54) is 0 Å². The summed E-state index contributed by atoms with van der Waals surface area (Å²) in [6.07, 6.45) is 0. The predicted octanol–water partition coefficient (Wildman–Crippen LogP) is 0.968. The number of nitrogen functional groups attached to an aromatic ring is 2. The molecule has 2 aromatic rings. The van der Waals surface area contributed by atoms with Crippen molar-refractivity contribution >= 4 is 46.9 Å². The Morgan fingerprint density at radius 1 is 1.07 bits per heavy atom. The van der Waals surface area contributed by atoms with E-state index in [1.54, 1.807) is 6.92 Å². The number of nitrogens with zero attached hydrogens (tertiary/aromatic N) is 4. The minimum absolute atomic E-state index is 0. The zero-order valence-corrected chi connectivity index (χ0v) is 9.30. The van der Waals surface area contributed by atoms with Gasteiger partial charge in [0, 0.05) is 0 Å². The maximum atomic E-state index is 5.78. The van der Waals surface area contributed by atoms with Crippen molar-refractivity contribution in [2.75, 3.05) is 11.5 Å². The number of rotatable bonds is 0. The van der Waals surface area contributed by atoms with E-state index in [2.05, 4.69) is 19.9 Å². The molecule has 2 rings (SSSR count). The van der Waals surface area contributed by atoms with Crippen LogP contribution >= 0.6 is 24.0 Å². The van der Waals surface area contributed by atoms with E-state index in [4.69, 9.17) is 23.1 Å². The number of fused-ring (bicyclic) bond motifs is 1. The Morgan fingerprint density at radius 2 is 1.73 bits per heavy atom. The molecule has 2 aromatic heterocycles. The van der Waals surface area contributed by atoms with Crippen molar-refractivity contribution in [1.29, 1.82) is 0 Å². The van der Waals surface area contributed by atoms with Gasteiger partial charge in [-0.05, 0) is 6.92 Å². The third kappa shape index (κ3) is 2.00. The van der Waals surface area contributed by atoms with Gasteiger partial charge in [0.05, 0.1) is 5.69 Å². The van der Waals surface area contributed by atoms with Gasteiger partial charge >= 0.3 is 0 Å². The van der Waals surface area contributed by atoms with Gasteiger partial charge in [0.2, 0.25) is 5.95 Å².